The van der Waals surface area contributed by atoms with E-state index in [9.17, 15) is 14.7 Å². The molecule has 6 heteroatoms. The normalized spacial score (nSPS) is 12.8. The SMILES string of the molecule is CC.CC.CC.CC.O=C(O)CC(CC(=O)CCCCc1ccc2c(n1)NCCC2)c1ccc2c(c1)OCC2. The molecule has 1 unspecified atom stereocenters. The molecular weight excluding hydrogens is 488 g/mol. The van der Waals surface area contributed by atoms with Crippen molar-refractivity contribution in [3.05, 3.63) is 52.7 Å². The Bertz CT molecular complexity index is 959. The smallest absolute Gasteiger partial charge is 0.303 e. The zero-order chi connectivity index (χ0) is 29.6. The van der Waals surface area contributed by atoms with Crippen molar-refractivity contribution in [2.45, 2.75) is 119 Å². The average Bonchev–Trinajstić information content (AvgIpc) is 3.47. The number of ketones is 1. The van der Waals surface area contributed by atoms with Crippen molar-refractivity contribution in [1.82, 2.24) is 4.98 Å². The molecule has 6 nitrogen and oxygen atoms in total. The Kier molecular flexibility index (Phi) is 20.4. The van der Waals surface area contributed by atoms with E-state index in [-0.39, 0.29) is 24.5 Å². The van der Waals surface area contributed by atoms with E-state index in [1.54, 1.807) is 0 Å². The summed E-state index contributed by atoms with van der Waals surface area (Å²) in [5, 5.41) is 12.7. The summed E-state index contributed by atoms with van der Waals surface area (Å²) in [5.41, 5.74) is 4.37. The van der Waals surface area contributed by atoms with Gasteiger partial charge in [-0.05, 0) is 60.9 Å². The van der Waals surface area contributed by atoms with Crippen molar-refractivity contribution in [2.24, 2.45) is 0 Å². The molecule has 0 saturated heterocycles. The Morgan fingerprint density at radius 3 is 2.31 bits per heavy atom. The number of hydrogen-bond acceptors (Lipinski definition) is 5. The zero-order valence-electron chi connectivity index (χ0n) is 25.9. The van der Waals surface area contributed by atoms with Gasteiger partial charge in [-0.3, -0.25) is 9.59 Å². The van der Waals surface area contributed by atoms with Gasteiger partial charge in [0.05, 0.1) is 13.0 Å². The van der Waals surface area contributed by atoms with Crippen LogP contribution in [0.1, 0.15) is 122 Å². The minimum Gasteiger partial charge on any atom is -0.493 e. The molecule has 0 amide bonds. The fourth-order valence-corrected chi connectivity index (χ4v) is 4.47. The number of carbonyl (C=O) groups excluding carboxylic acids is 1. The number of aliphatic carboxylic acids is 1. The second-order valence-electron chi connectivity index (χ2n) is 8.55. The summed E-state index contributed by atoms with van der Waals surface area (Å²) in [6, 6.07) is 10.1. The van der Waals surface area contributed by atoms with Crippen molar-refractivity contribution < 1.29 is 19.4 Å². The molecule has 0 radical (unpaired) electrons. The quantitative estimate of drug-likeness (QED) is 0.293. The summed E-state index contributed by atoms with van der Waals surface area (Å²) in [6.07, 6.45) is 6.33. The van der Waals surface area contributed by atoms with Crippen LogP contribution in [0.3, 0.4) is 0 Å². The minimum absolute atomic E-state index is 0.0451. The number of hydrogen-bond donors (Lipinski definition) is 2. The Hall–Kier alpha value is -2.89. The lowest BCUT2D eigenvalue weighted by Crippen LogP contribution is -2.14. The topological polar surface area (TPSA) is 88.5 Å². The number of aromatic nitrogens is 1. The monoisotopic (exact) mass is 542 g/mol. The number of Topliss-reactive ketones (excluding diaryl/α,β-unsaturated/α-hetero) is 1. The Balaban J connectivity index is 0.00000166. The highest BCUT2D eigenvalue weighted by molar-refractivity contribution is 5.80. The van der Waals surface area contributed by atoms with Crippen molar-refractivity contribution in [3.63, 3.8) is 0 Å². The lowest BCUT2D eigenvalue weighted by atomic mass is 9.88. The number of ether oxygens (including phenoxy) is 1. The number of carboxylic acid groups (broad SMARTS) is 1. The van der Waals surface area contributed by atoms with E-state index in [0.29, 0.717) is 13.0 Å². The molecule has 220 valence electrons. The van der Waals surface area contributed by atoms with Gasteiger partial charge >= 0.3 is 5.97 Å². The maximum Gasteiger partial charge on any atom is 0.303 e. The van der Waals surface area contributed by atoms with Gasteiger partial charge in [0, 0.05) is 37.4 Å². The number of pyridine rings is 1. The molecular formula is C33H54N2O4. The summed E-state index contributed by atoms with van der Waals surface area (Å²) in [6.45, 7) is 17.6. The average molecular weight is 543 g/mol. The Labute approximate surface area is 238 Å². The molecule has 1 atom stereocenters. The number of carbonyl (C=O) groups is 2. The first-order valence-electron chi connectivity index (χ1n) is 15.3. The number of nitrogens with zero attached hydrogens (tertiary/aromatic N) is 1. The molecule has 2 aliphatic rings. The fraction of sp³-hybridized carbons (Fsp3) is 0.606. The number of anilines is 1. The summed E-state index contributed by atoms with van der Waals surface area (Å²) in [7, 11) is 0. The largest absolute Gasteiger partial charge is 0.493 e. The van der Waals surface area contributed by atoms with Gasteiger partial charge in [-0.25, -0.2) is 4.98 Å². The van der Waals surface area contributed by atoms with Crippen LogP contribution < -0.4 is 10.1 Å². The van der Waals surface area contributed by atoms with Crippen molar-refractivity contribution in [2.75, 3.05) is 18.5 Å². The number of rotatable bonds is 10. The van der Waals surface area contributed by atoms with E-state index < -0.39 is 5.97 Å². The molecule has 39 heavy (non-hydrogen) atoms. The summed E-state index contributed by atoms with van der Waals surface area (Å²) < 4.78 is 5.61. The van der Waals surface area contributed by atoms with E-state index in [1.807, 2.05) is 73.6 Å². The van der Waals surface area contributed by atoms with Crippen molar-refractivity contribution in [1.29, 1.82) is 0 Å². The van der Waals surface area contributed by atoms with Crippen LogP contribution in [0.4, 0.5) is 5.82 Å². The van der Waals surface area contributed by atoms with Crippen LogP contribution in [0.5, 0.6) is 5.75 Å². The van der Waals surface area contributed by atoms with Gasteiger partial charge in [-0.2, -0.15) is 0 Å². The Morgan fingerprint density at radius 2 is 1.62 bits per heavy atom. The molecule has 2 aliphatic heterocycles. The molecule has 4 rings (SSSR count). The predicted octanol–water partition coefficient (Wildman–Crippen LogP) is 8.41. The first-order chi connectivity index (χ1) is 19.1. The van der Waals surface area contributed by atoms with E-state index in [0.717, 1.165) is 73.5 Å². The lowest BCUT2D eigenvalue weighted by molar-refractivity contribution is -0.137. The molecule has 1 aromatic carbocycles. The van der Waals surface area contributed by atoms with Gasteiger partial charge in [0.25, 0.3) is 0 Å². The number of fused-ring (bicyclic) bond motifs is 2. The van der Waals surface area contributed by atoms with Crippen LogP contribution in [-0.4, -0.2) is 35.0 Å². The molecule has 0 bridgehead atoms. The van der Waals surface area contributed by atoms with Crippen LogP contribution in [0.15, 0.2) is 30.3 Å². The third-order valence-electron chi connectivity index (χ3n) is 6.18. The fourth-order valence-electron chi connectivity index (χ4n) is 4.47. The third-order valence-corrected chi connectivity index (χ3v) is 6.18. The summed E-state index contributed by atoms with van der Waals surface area (Å²) in [4.78, 5) is 28.7. The number of benzene rings is 1. The second kappa shape index (κ2) is 22.0. The number of nitrogens with one attached hydrogen (secondary N) is 1. The van der Waals surface area contributed by atoms with Gasteiger partial charge < -0.3 is 15.2 Å². The number of carboxylic acids is 1. The van der Waals surface area contributed by atoms with Crippen LogP contribution in [-0.2, 0) is 28.9 Å². The third kappa shape index (κ3) is 12.7. The first-order valence-corrected chi connectivity index (χ1v) is 15.3. The van der Waals surface area contributed by atoms with E-state index in [2.05, 4.69) is 17.4 Å². The van der Waals surface area contributed by atoms with Crippen LogP contribution in [0.25, 0.3) is 0 Å². The summed E-state index contributed by atoms with van der Waals surface area (Å²) in [5.74, 6) is 0.758. The predicted molar refractivity (Wildman–Crippen MR) is 164 cm³/mol. The molecule has 2 N–H and O–H groups in total. The lowest BCUT2D eigenvalue weighted by Gasteiger charge is -2.17. The standard InChI is InChI=1S/C25H30N2O4.4C2H6/c28-22(6-2-1-5-21-10-9-18-4-3-12-26-25(18)27-21)14-20(16-24(29)30)19-8-7-17-11-13-31-23(17)15-19;4*1-2/h7-10,15,20H,1-6,11-14,16H2,(H,26,27)(H,29,30);4*1-2H3. The van der Waals surface area contributed by atoms with Gasteiger partial charge in [0.2, 0.25) is 0 Å². The highest BCUT2D eigenvalue weighted by Gasteiger charge is 2.22. The van der Waals surface area contributed by atoms with Gasteiger partial charge in [0.1, 0.15) is 17.4 Å². The van der Waals surface area contributed by atoms with Crippen molar-refractivity contribution >= 4 is 17.6 Å². The van der Waals surface area contributed by atoms with Crippen LogP contribution in [0, 0.1) is 0 Å². The second-order valence-corrected chi connectivity index (χ2v) is 8.55. The highest BCUT2D eigenvalue weighted by atomic mass is 16.5. The number of unbranched alkanes of at least 4 members (excludes halogenated alkanes) is 1. The van der Waals surface area contributed by atoms with E-state index >= 15 is 0 Å². The highest BCUT2D eigenvalue weighted by Crippen LogP contribution is 2.32. The van der Waals surface area contributed by atoms with Crippen LogP contribution >= 0.6 is 0 Å². The maximum atomic E-state index is 12.6. The van der Waals surface area contributed by atoms with Crippen molar-refractivity contribution in [3.8, 4) is 5.75 Å². The van der Waals surface area contributed by atoms with Crippen LogP contribution in [0.2, 0.25) is 0 Å². The van der Waals surface area contributed by atoms with E-state index in [1.165, 1.54) is 5.56 Å². The maximum absolute atomic E-state index is 12.6. The minimum atomic E-state index is -0.883. The molecule has 0 saturated carbocycles. The van der Waals surface area contributed by atoms with Gasteiger partial charge in [0.15, 0.2) is 0 Å². The molecule has 0 aliphatic carbocycles. The Morgan fingerprint density at radius 1 is 0.923 bits per heavy atom. The van der Waals surface area contributed by atoms with E-state index in [4.69, 9.17) is 9.72 Å². The molecule has 0 spiro atoms. The first kappa shape index (κ1) is 36.1. The van der Waals surface area contributed by atoms with Gasteiger partial charge in [-0.1, -0.05) is 73.6 Å². The molecule has 3 heterocycles. The summed E-state index contributed by atoms with van der Waals surface area (Å²) >= 11 is 0. The number of aryl methyl sites for hydroxylation is 2. The molecule has 1 aromatic heterocycles. The molecule has 2 aromatic rings. The van der Waals surface area contributed by atoms with Gasteiger partial charge in [-0.15, -0.1) is 0 Å². The molecule has 0 fully saturated rings. The zero-order valence-corrected chi connectivity index (χ0v) is 25.9.